The molecular formula is C20H21NO2. The van der Waals surface area contributed by atoms with Crippen LogP contribution in [-0.2, 0) is 4.79 Å². The lowest BCUT2D eigenvalue weighted by Gasteiger charge is -2.28. The maximum atomic E-state index is 12.5. The molecular weight excluding hydrogens is 286 g/mol. The van der Waals surface area contributed by atoms with Crippen molar-refractivity contribution in [2.45, 2.75) is 44.4 Å². The van der Waals surface area contributed by atoms with Crippen LogP contribution < -0.4 is 5.32 Å². The first kappa shape index (κ1) is 14.6. The van der Waals surface area contributed by atoms with Crippen molar-refractivity contribution in [2.75, 3.05) is 0 Å². The highest BCUT2D eigenvalue weighted by atomic mass is 16.3. The Morgan fingerprint density at radius 1 is 1.22 bits per heavy atom. The summed E-state index contributed by atoms with van der Waals surface area (Å²) in [5.74, 6) is 0.144. The summed E-state index contributed by atoms with van der Waals surface area (Å²) in [7, 11) is 0. The number of hydrogen-bond donors (Lipinski definition) is 2. The first-order valence-corrected chi connectivity index (χ1v) is 8.37. The molecule has 2 bridgehead atoms. The minimum Gasteiger partial charge on any atom is -0.391 e. The molecule has 3 heteroatoms. The Kier molecular flexibility index (Phi) is 3.55. The van der Waals surface area contributed by atoms with Gasteiger partial charge < -0.3 is 10.4 Å². The van der Waals surface area contributed by atoms with Crippen LogP contribution in [0, 0.1) is 0 Å². The van der Waals surface area contributed by atoms with Crippen LogP contribution in [0.1, 0.15) is 31.7 Å². The highest BCUT2D eigenvalue weighted by Crippen LogP contribution is 2.38. The third-order valence-electron chi connectivity index (χ3n) is 5.13. The molecule has 4 rings (SSSR count). The number of ketones is 1. The van der Waals surface area contributed by atoms with Crippen LogP contribution in [0.15, 0.2) is 48.0 Å². The number of hydrogen-bond acceptors (Lipinski definition) is 3. The van der Waals surface area contributed by atoms with Gasteiger partial charge in [0.05, 0.1) is 12.1 Å². The van der Waals surface area contributed by atoms with E-state index < -0.39 is 6.10 Å². The molecule has 2 aliphatic heterocycles. The van der Waals surface area contributed by atoms with Crippen molar-refractivity contribution in [1.29, 1.82) is 0 Å². The van der Waals surface area contributed by atoms with Gasteiger partial charge in [0, 0.05) is 18.0 Å². The zero-order chi connectivity index (χ0) is 16.0. The lowest BCUT2D eigenvalue weighted by Crippen LogP contribution is -2.41. The first-order chi connectivity index (χ1) is 11.2. The molecule has 3 nitrogen and oxygen atoms in total. The zero-order valence-corrected chi connectivity index (χ0v) is 13.3. The number of carbonyl (C=O) groups excluding carboxylic acids is 1. The minimum atomic E-state index is -0.455. The minimum absolute atomic E-state index is 0.144. The SMILES string of the molecule is CCC(=O)C1=C(c2ccc3ccccc3c2)CC2CC(O)[C@H]1N2. The Balaban J connectivity index is 1.88. The van der Waals surface area contributed by atoms with Crippen LogP contribution in [0.5, 0.6) is 0 Å². The van der Waals surface area contributed by atoms with Crippen molar-refractivity contribution < 1.29 is 9.90 Å². The van der Waals surface area contributed by atoms with Crippen molar-refractivity contribution in [2.24, 2.45) is 0 Å². The topological polar surface area (TPSA) is 49.3 Å². The fourth-order valence-electron chi connectivity index (χ4n) is 4.01. The molecule has 0 aliphatic carbocycles. The van der Waals surface area contributed by atoms with E-state index in [0.717, 1.165) is 29.6 Å². The number of aliphatic hydroxyl groups excluding tert-OH is 1. The van der Waals surface area contributed by atoms with Crippen molar-refractivity contribution in [3.8, 4) is 0 Å². The Morgan fingerprint density at radius 3 is 2.78 bits per heavy atom. The second-order valence-electron chi connectivity index (χ2n) is 6.58. The molecule has 0 saturated carbocycles. The molecule has 2 aromatic carbocycles. The normalized spacial score (nSPS) is 26.8. The highest BCUT2D eigenvalue weighted by molar-refractivity contribution is 6.05. The summed E-state index contributed by atoms with van der Waals surface area (Å²) < 4.78 is 0. The van der Waals surface area contributed by atoms with Gasteiger partial charge in [0.2, 0.25) is 0 Å². The quantitative estimate of drug-likeness (QED) is 0.916. The fourth-order valence-corrected chi connectivity index (χ4v) is 4.01. The van der Waals surface area contributed by atoms with E-state index in [1.54, 1.807) is 0 Å². The van der Waals surface area contributed by atoms with Gasteiger partial charge in [0.1, 0.15) is 0 Å². The van der Waals surface area contributed by atoms with Gasteiger partial charge in [0.25, 0.3) is 0 Å². The summed E-state index contributed by atoms with van der Waals surface area (Å²) in [4.78, 5) is 12.5. The highest BCUT2D eigenvalue weighted by Gasteiger charge is 2.42. The van der Waals surface area contributed by atoms with E-state index in [2.05, 4.69) is 35.6 Å². The summed E-state index contributed by atoms with van der Waals surface area (Å²) in [5, 5.41) is 16.1. The van der Waals surface area contributed by atoms with Crippen molar-refractivity contribution >= 4 is 22.1 Å². The van der Waals surface area contributed by atoms with E-state index >= 15 is 0 Å². The Labute approximate surface area is 136 Å². The van der Waals surface area contributed by atoms with Gasteiger partial charge in [-0.25, -0.2) is 0 Å². The molecule has 0 amide bonds. The smallest absolute Gasteiger partial charge is 0.160 e. The Hall–Kier alpha value is -1.97. The Bertz CT molecular complexity index is 808. The third-order valence-corrected chi connectivity index (χ3v) is 5.13. The Morgan fingerprint density at radius 2 is 2.00 bits per heavy atom. The largest absolute Gasteiger partial charge is 0.391 e. The van der Waals surface area contributed by atoms with E-state index in [0.29, 0.717) is 6.42 Å². The van der Waals surface area contributed by atoms with Gasteiger partial charge in [0.15, 0.2) is 5.78 Å². The van der Waals surface area contributed by atoms with Gasteiger partial charge in [-0.15, -0.1) is 0 Å². The molecule has 0 spiro atoms. The van der Waals surface area contributed by atoms with Gasteiger partial charge >= 0.3 is 0 Å². The van der Waals surface area contributed by atoms with E-state index in [4.69, 9.17) is 0 Å². The lowest BCUT2D eigenvalue weighted by atomic mass is 9.86. The van der Waals surface area contributed by atoms with Crippen molar-refractivity contribution in [1.82, 2.24) is 5.32 Å². The summed E-state index contributed by atoms with van der Waals surface area (Å²) in [6.07, 6.45) is 1.56. The summed E-state index contributed by atoms with van der Waals surface area (Å²) in [6.45, 7) is 1.89. The second-order valence-corrected chi connectivity index (χ2v) is 6.58. The lowest BCUT2D eigenvalue weighted by molar-refractivity contribution is -0.115. The first-order valence-electron chi connectivity index (χ1n) is 8.37. The predicted octanol–water partition coefficient (Wildman–Crippen LogP) is 3.07. The van der Waals surface area contributed by atoms with Crippen LogP contribution >= 0.6 is 0 Å². The van der Waals surface area contributed by atoms with Crippen molar-refractivity contribution in [3.63, 3.8) is 0 Å². The van der Waals surface area contributed by atoms with E-state index in [1.807, 2.05) is 19.1 Å². The molecule has 1 fully saturated rings. The van der Waals surface area contributed by atoms with Gasteiger partial charge in [-0.3, -0.25) is 4.79 Å². The molecule has 0 radical (unpaired) electrons. The monoisotopic (exact) mass is 307 g/mol. The van der Waals surface area contributed by atoms with Gasteiger partial charge in [-0.1, -0.05) is 43.3 Å². The molecule has 2 N–H and O–H groups in total. The third kappa shape index (κ3) is 2.41. The standard InChI is InChI=1S/C20H21NO2/c1-2-17(22)19-16(10-15-11-18(23)20(19)21-15)14-8-7-12-5-3-4-6-13(12)9-14/h3-9,15,18,20-21,23H,2,10-11H2,1H3/t15?,18?,20-/m1/s1. The van der Waals surface area contributed by atoms with Gasteiger partial charge in [-0.05, 0) is 40.8 Å². The van der Waals surface area contributed by atoms with Crippen LogP contribution in [-0.4, -0.2) is 29.1 Å². The number of Topliss-reactive ketones (excluding diaryl/α,β-unsaturated/α-hetero) is 1. The number of fused-ring (bicyclic) bond motifs is 3. The second kappa shape index (κ2) is 5.59. The molecule has 23 heavy (non-hydrogen) atoms. The van der Waals surface area contributed by atoms with Crippen molar-refractivity contribution in [3.05, 3.63) is 53.6 Å². The number of rotatable bonds is 3. The van der Waals surface area contributed by atoms with Gasteiger partial charge in [-0.2, -0.15) is 0 Å². The van der Waals surface area contributed by atoms with E-state index in [-0.39, 0.29) is 17.9 Å². The average Bonchev–Trinajstić information content (AvgIpc) is 2.88. The molecule has 0 aromatic heterocycles. The average molecular weight is 307 g/mol. The molecule has 1 saturated heterocycles. The van der Waals surface area contributed by atoms with Crippen LogP contribution in [0.3, 0.4) is 0 Å². The van der Waals surface area contributed by atoms with Crippen LogP contribution in [0.25, 0.3) is 16.3 Å². The summed E-state index contributed by atoms with van der Waals surface area (Å²) in [5.41, 5.74) is 3.03. The molecule has 2 aromatic rings. The number of nitrogens with one attached hydrogen (secondary N) is 1. The van der Waals surface area contributed by atoms with Crippen LogP contribution in [0.2, 0.25) is 0 Å². The summed E-state index contributed by atoms with van der Waals surface area (Å²) >= 11 is 0. The number of carbonyl (C=O) groups is 1. The van der Waals surface area contributed by atoms with E-state index in [1.165, 1.54) is 10.8 Å². The van der Waals surface area contributed by atoms with E-state index in [9.17, 15) is 9.90 Å². The molecule has 3 atom stereocenters. The number of aliphatic hydroxyl groups is 1. The maximum Gasteiger partial charge on any atom is 0.160 e. The predicted molar refractivity (Wildman–Crippen MR) is 92.1 cm³/mol. The summed E-state index contributed by atoms with van der Waals surface area (Å²) in [6, 6.07) is 14.7. The number of benzene rings is 2. The van der Waals surface area contributed by atoms with Crippen LogP contribution in [0.4, 0.5) is 0 Å². The molecule has 2 heterocycles. The fraction of sp³-hybridized carbons (Fsp3) is 0.350. The molecule has 2 aliphatic rings. The zero-order valence-electron chi connectivity index (χ0n) is 13.3. The maximum absolute atomic E-state index is 12.5. The molecule has 118 valence electrons. The molecule has 2 unspecified atom stereocenters.